The molecule has 1 saturated heterocycles. The highest BCUT2D eigenvalue weighted by Crippen LogP contribution is 2.22. The molecule has 1 rings (SSSR count). The third-order valence-corrected chi connectivity index (χ3v) is 1.82. The SMILES string of the molecule is [B][C@@H]1O[C@H](CO)CC1Cl. The highest BCUT2D eigenvalue weighted by molar-refractivity contribution is 6.26. The number of rotatable bonds is 1. The first kappa shape index (κ1) is 7.38. The number of aliphatic hydroxyl groups is 1. The van der Waals surface area contributed by atoms with E-state index in [-0.39, 0.29) is 18.1 Å². The third kappa shape index (κ3) is 1.60. The molecular weight excluding hydrogens is 138 g/mol. The summed E-state index contributed by atoms with van der Waals surface area (Å²) in [7, 11) is 5.38. The van der Waals surface area contributed by atoms with Gasteiger partial charge >= 0.3 is 0 Å². The van der Waals surface area contributed by atoms with E-state index in [9.17, 15) is 0 Å². The number of ether oxygens (including phenoxy) is 1. The Morgan fingerprint density at radius 1 is 1.78 bits per heavy atom. The van der Waals surface area contributed by atoms with Crippen molar-refractivity contribution in [3.8, 4) is 0 Å². The molecule has 2 nitrogen and oxygen atoms in total. The van der Waals surface area contributed by atoms with Crippen molar-refractivity contribution in [3.05, 3.63) is 0 Å². The predicted octanol–water partition coefficient (Wildman–Crippen LogP) is -0.130. The summed E-state index contributed by atoms with van der Waals surface area (Å²) in [6, 6.07) is -0.399. The van der Waals surface area contributed by atoms with Crippen LogP contribution < -0.4 is 0 Å². The van der Waals surface area contributed by atoms with Crippen LogP contribution in [0.3, 0.4) is 0 Å². The van der Waals surface area contributed by atoms with Gasteiger partial charge in [0, 0.05) is 6.00 Å². The standard InChI is InChI=1S/C5H8BClO2/c6-5-4(7)1-3(2-8)9-5/h3-5,8H,1-2H2/t3-,4?,5+/m0/s1. The van der Waals surface area contributed by atoms with Crippen LogP contribution in [-0.2, 0) is 4.74 Å². The minimum absolute atomic E-state index is 0.0108. The fourth-order valence-electron chi connectivity index (χ4n) is 0.866. The highest BCUT2D eigenvalue weighted by atomic mass is 35.5. The molecule has 1 aliphatic heterocycles. The molecule has 0 aromatic rings. The molecule has 2 radical (unpaired) electrons. The van der Waals surface area contributed by atoms with E-state index >= 15 is 0 Å². The first-order valence-corrected chi connectivity index (χ1v) is 3.33. The third-order valence-electron chi connectivity index (χ3n) is 1.40. The number of halogens is 1. The van der Waals surface area contributed by atoms with Gasteiger partial charge in [0.15, 0.2) is 0 Å². The summed E-state index contributed by atoms with van der Waals surface area (Å²) in [6.45, 7) is 0.0108. The summed E-state index contributed by atoms with van der Waals surface area (Å²) < 4.78 is 5.02. The zero-order valence-electron chi connectivity index (χ0n) is 4.96. The molecule has 1 unspecified atom stereocenters. The van der Waals surface area contributed by atoms with Crippen LogP contribution in [0.4, 0.5) is 0 Å². The van der Waals surface area contributed by atoms with Crippen LogP contribution in [0, 0.1) is 0 Å². The number of alkyl halides is 1. The second kappa shape index (κ2) is 2.91. The van der Waals surface area contributed by atoms with Gasteiger partial charge < -0.3 is 9.84 Å². The molecule has 0 saturated carbocycles. The first-order valence-electron chi connectivity index (χ1n) is 2.90. The van der Waals surface area contributed by atoms with Crippen molar-refractivity contribution < 1.29 is 9.84 Å². The van der Waals surface area contributed by atoms with E-state index < -0.39 is 6.00 Å². The van der Waals surface area contributed by atoms with Gasteiger partial charge in [-0.15, -0.1) is 11.6 Å². The lowest BCUT2D eigenvalue weighted by Gasteiger charge is -2.06. The summed E-state index contributed by atoms with van der Waals surface area (Å²) in [6.07, 6.45) is 0.502. The van der Waals surface area contributed by atoms with Crippen molar-refractivity contribution in [1.29, 1.82) is 0 Å². The first-order chi connectivity index (χ1) is 4.24. The molecule has 0 aromatic carbocycles. The second-order valence-electron chi connectivity index (χ2n) is 2.16. The Balaban J connectivity index is 2.35. The molecule has 1 heterocycles. The Morgan fingerprint density at radius 3 is 2.67 bits per heavy atom. The van der Waals surface area contributed by atoms with Gasteiger partial charge in [-0.1, -0.05) is 0 Å². The van der Waals surface area contributed by atoms with Gasteiger partial charge in [-0.2, -0.15) is 0 Å². The van der Waals surface area contributed by atoms with Crippen LogP contribution >= 0.6 is 11.6 Å². The average molecular weight is 146 g/mol. The molecule has 0 bridgehead atoms. The van der Waals surface area contributed by atoms with Gasteiger partial charge in [-0.3, -0.25) is 0 Å². The van der Waals surface area contributed by atoms with Gasteiger partial charge in [-0.25, -0.2) is 0 Å². The minimum Gasteiger partial charge on any atom is -0.394 e. The Bertz CT molecular complexity index is 91.0. The molecule has 4 heteroatoms. The van der Waals surface area contributed by atoms with E-state index in [4.69, 9.17) is 29.3 Å². The minimum atomic E-state index is -0.399. The maximum absolute atomic E-state index is 8.56. The van der Waals surface area contributed by atoms with Crippen molar-refractivity contribution >= 4 is 19.4 Å². The van der Waals surface area contributed by atoms with Crippen LogP contribution in [0.5, 0.6) is 0 Å². The maximum atomic E-state index is 8.56. The normalized spacial score (nSPS) is 43.6. The van der Waals surface area contributed by atoms with Crippen LogP contribution in [0.15, 0.2) is 0 Å². The van der Waals surface area contributed by atoms with E-state index in [0.717, 1.165) is 0 Å². The van der Waals surface area contributed by atoms with E-state index in [1.54, 1.807) is 0 Å². The quantitative estimate of drug-likeness (QED) is 0.412. The van der Waals surface area contributed by atoms with Crippen molar-refractivity contribution in [3.63, 3.8) is 0 Å². The largest absolute Gasteiger partial charge is 0.394 e. The number of hydrogen-bond donors (Lipinski definition) is 1. The predicted molar refractivity (Wildman–Crippen MR) is 35.8 cm³/mol. The van der Waals surface area contributed by atoms with Crippen molar-refractivity contribution in [2.24, 2.45) is 0 Å². The van der Waals surface area contributed by atoms with Crippen LogP contribution in [-0.4, -0.2) is 37.0 Å². The molecule has 0 aliphatic carbocycles. The topological polar surface area (TPSA) is 29.5 Å². The molecular formula is C5H8BClO2. The average Bonchev–Trinajstić information content (AvgIpc) is 2.13. The lowest BCUT2D eigenvalue weighted by molar-refractivity contribution is 0.0434. The summed E-state index contributed by atoms with van der Waals surface area (Å²) in [5.74, 6) is 0. The maximum Gasteiger partial charge on any atom is 0.111 e. The van der Waals surface area contributed by atoms with Crippen LogP contribution in [0.1, 0.15) is 6.42 Å². The molecule has 1 N–H and O–H groups in total. The van der Waals surface area contributed by atoms with Gasteiger partial charge in [0.25, 0.3) is 0 Å². The van der Waals surface area contributed by atoms with Crippen LogP contribution in [0.2, 0.25) is 0 Å². The molecule has 0 aromatic heterocycles. The lowest BCUT2D eigenvalue weighted by Crippen LogP contribution is -2.16. The molecule has 0 amide bonds. The van der Waals surface area contributed by atoms with Crippen molar-refractivity contribution in [2.75, 3.05) is 6.61 Å². The summed E-state index contributed by atoms with van der Waals surface area (Å²) in [4.78, 5) is 0. The van der Waals surface area contributed by atoms with Crippen molar-refractivity contribution in [1.82, 2.24) is 0 Å². The lowest BCUT2D eigenvalue weighted by atomic mass is 9.97. The van der Waals surface area contributed by atoms with Crippen LogP contribution in [0.25, 0.3) is 0 Å². The summed E-state index contributed by atoms with van der Waals surface area (Å²) in [5, 5.41) is 8.43. The zero-order valence-corrected chi connectivity index (χ0v) is 5.71. The molecule has 1 fully saturated rings. The molecule has 0 spiro atoms. The fourth-order valence-corrected chi connectivity index (χ4v) is 1.12. The Hall–Kier alpha value is 0.275. The number of hydrogen-bond acceptors (Lipinski definition) is 2. The van der Waals surface area contributed by atoms with Gasteiger partial charge in [0.1, 0.15) is 7.85 Å². The summed E-state index contributed by atoms with van der Waals surface area (Å²) >= 11 is 5.68. The molecule has 3 atom stereocenters. The highest BCUT2D eigenvalue weighted by Gasteiger charge is 2.29. The van der Waals surface area contributed by atoms with Gasteiger partial charge in [-0.05, 0) is 6.42 Å². The monoisotopic (exact) mass is 146 g/mol. The van der Waals surface area contributed by atoms with E-state index in [0.29, 0.717) is 6.42 Å². The Morgan fingerprint density at radius 2 is 2.44 bits per heavy atom. The second-order valence-corrected chi connectivity index (χ2v) is 2.72. The number of aliphatic hydroxyl groups excluding tert-OH is 1. The molecule has 9 heavy (non-hydrogen) atoms. The smallest absolute Gasteiger partial charge is 0.111 e. The van der Waals surface area contributed by atoms with Crippen molar-refractivity contribution in [2.45, 2.75) is 23.9 Å². The van der Waals surface area contributed by atoms with E-state index in [2.05, 4.69) is 0 Å². The van der Waals surface area contributed by atoms with E-state index in [1.807, 2.05) is 0 Å². The van der Waals surface area contributed by atoms with Gasteiger partial charge in [0.05, 0.1) is 18.1 Å². The van der Waals surface area contributed by atoms with Gasteiger partial charge in [0.2, 0.25) is 0 Å². The summed E-state index contributed by atoms with van der Waals surface area (Å²) in [5.41, 5.74) is 0. The fraction of sp³-hybridized carbons (Fsp3) is 1.00. The molecule has 1 aliphatic rings. The Labute approximate surface area is 60.6 Å². The molecule has 50 valence electrons. The Kier molecular flexibility index (Phi) is 2.38. The zero-order chi connectivity index (χ0) is 6.85. The van der Waals surface area contributed by atoms with E-state index in [1.165, 1.54) is 0 Å².